The first-order valence-corrected chi connectivity index (χ1v) is 6.17. The maximum Gasteiger partial charge on any atom is 0.313 e. The van der Waals surface area contributed by atoms with Crippen molar-refractivity contribution < 1.29 is 9.90 Å². The molecule has 0 aliphatic carbocycles. The summed E-state index contributed by atoms with van der Waals surface area (Å²) in [7, 11) is 0. The largest absolute Gasteiger partial charge is 0.481 e. The number of aromatic nitrogens is 4. The molecule has 0 fully saturated rings. The van der Waals surface area contributed by atoms with Crippen LogP contribution in [0.2, 0.25) is 0 Å². The molecule has 0 saturated heterocycles. The number of rotatable bonds is 3. The van der Waals surface area contributed by atoms with Crippen LogP contribution in [0.1, 0.15) is 0 Å². The lowest BCUT2D eigenvalue weighted by molar-refractivity contribution is -0.133. The summed E-state index contributed by atoms with van der Waals surface area (Å²) >= 11 is 1.19. The van der Waals surface area contributed by atoms with Gasteiger partial charge >= 0.3 is 5.97 Å². The molecule has 2 aromatic heterocycles. The highest BCUT2D eigenvalue weighted by molar-refractivity contribution is 8.00. The average molecular weight is 260 g/mol. The quantitative estimate of drug-likeness (QED) is 0.718. The van der Waals surface area contributed by atoms with E-state index in [2.05, 4.69) is 15.3 Å². The summed E-state index contributed by atoms with van der Waals surface area (Å²) in [6.45, 7) is 0. The highest BCUT2D eigenvalue weighted by Crippen LogP contribution is 2.27. The van der Waals surface area contributed by atoms with E-state index in [0.717, 1.165) is 10.8 Å². The molecular formula is C11H8N4O2S. The number of hydrogen-bond donors (Lipinski definition) is 1. The van der Waals surface area contributed by atoms with Crippen LogP contribution in [-0.4, -0.2) is 36.6 Å². The van der Waals surface area contributed by atoms with E-state index in [0.29, 0.717) is 10.7 Å². The van der Waals surface area contributed by atoms with E-state index in [1.807, 2.05) is 24.3 Å². The van der Waals surface area contributed by atoms with Crippen molar-refractivity contribution in [1.29, 1.82) is 0 Å². The summed E-state index contributed by atoms with van der Waals surface area (Å²) < 4.78 is 1.56. The maximum absolute atomic E-state index is 10.6. The number of carboxylic acid groups (broad SMARTS) is 1. The van der Waals surface area contributed by atoms with Gasteiger partial charge in [0.05, 0.1) is 5.75 Å². The molecule has 3 rings (SSSR count). The number of nitrogens with zero attached hydrogens (tertiary/aromatic N) is 4. The summed E-state index contributed by atoms with van der Waals surface area (Å²) in [5.74, 6) is -0.889. The van der Waals surface area contributed by atoms with Crippen molar-refractivity contribution in [2.45, 2.75) is 5.03 Å². The van der Waals surface area contributed by atoms with E-state index in [1.165, 1.54) is 18.1 Å². The molecule has 7 heteroatoms. The summed E-state index contributed by atoms with van der Waals surface area (Å²) in [5.41, 5.74) is 0.672. The van der Waals surface area contributed by atoms with Crippen LogP contribution in [0.4, 0.5) is 0 Å². The van der Waals surface area contributed by atoms with Gasteiger partial charge in [-0.25, -0.2) is 0 Å². The maximum atomic E-state index is 10.6. The molecule has 2 heterocycles. The normalized spacial score (nSPS) is 11.1. The molecule has 18 heavy (non-hydrogen) atoms. The van der Waals surface area contributed by atoms with Gasteiger partial charge in [0.15, 0.2) is 5.65 Å². The van der Waals surface area contributed by atoms with Gasteiger partial charge in [-0.3, -0.25) is 4.79 Å². The molecule has 0 radical (unpaired) electrons. The molecule has 0 atom stereocenters. The van der Waals surface area contributed by atoms with Crippen molar-refractivity contribution in [3.05, 3.63) is 30.6 Å². The number of carboxylic acids is 1. The number of hydrogen-bond acceptors (Lipinski definition) is 5. The summed E-state index contributed by atoms with van der Waals surface area (Å²) in [5, 5.41) is 23.4. The van der Waals surface area contributed by atoms with Crippen LogP contribution in [0, 0.1) is 0 Å². The summed E-state index contributed by atoms with van der Waals surface area (Å²) in [4.78, 5) is 10.6. The van der Waals surface area contributed by atoms with Gasteiger partial charge in [-0.2, -0.15) is 9.61 Å². The third kappa shape index (κ3) is 1.78. The first-order chi connectivity index (χ1) is 8.75. The standard InChI is InChI=1S/C11H8N4O2S/c16-9(17)5-18-11-8-4-2-1-3-7(8)10-13-12-6-15(10)14-11/h1-4,6H,5H2,(H,16,17). The monoisotopic (exact) mass is 260 g/mol. The van der Waals surface area contributed by atoms with Crippen LogP contribution >= 0.6 is 11.8 Å². The number of thioether (sulfide) groups is 1. The zero-order valence-electron chi connectivity index (χ0n) is 9.15. The minimum atomic E-state index is -0.866. The van der Waals surface area contributed by atoms with E-state index in [4.69, 9.17) is 5.11 Å². The van der Waals surface area contributed by atoms with E-state index in [1.54, 1.807) is 4.52 Å². The Morgan fingerprint density at radius 1 is 1.33 bits per heavy atom. The molecule has 0 aliphatic rings. The van der Waals surface area contributed by atoms with E-state index >= 15 is 0 Å². The number of carbonyl (C=O) groups is 1. The molecule has 0 unspecified atom stereocenters. The average Bonchev–Trinajstić information content (AvgIpc) is 2.84. The van der Waals surface area contributed by atoms with Gasteiger partial charge < -0.3 is 5.11 Å². The Morgan fingerprint density at radius 3 is 2.89 bits per heavy atom. The smallest absolute Gasteiger partial charge is 0.313 e. The van der Waals surface area contributed by atoms with Crippen LogP contribution in [0.25, 0.3) is 16.4 Å². The van der Waals surface area contributed by atoms with Crippen LogP contribution < -0.4 is 0 Å². The minimum Gasteiger partial charge on any atom is -0.481 e. The lowest BCUT2D eigenvalue weighted by Crippen LogP contribution is -2.01. The van der Waals surface area contributed by atoms with Gasteiger partial charge in [0.25, 0.3) is 0 Å². The van der Waals surface area contributed by atoms with Gasteiger partial charge in [-0.15, -0.1) is 10.2 Å². The molecule has 1 N–H and O–H groups in total. The fourth-order valence-electron chi connectivity index (χ4n) is 1.73. The predicted octanol–water partition coefficient (Wildman–Crippen LogP) is 1.45. The van der Waals surface area contributed by atoms with E-state index in [9.17, 15) is 4.79 Å². The van der Waals surface area contributed by atoms with Gasteiger partial charge in [0.1, 0.15) is 11.4 Å². The predicted molar refractivity (Wildman–Crippen MR) is 66.6 cm³/mol. The lowest BCUT2D eigenvalue weighted by atomic mass is 10.2. The number of aliphatic carboxylic acids is 1. The highest BCUT2D eigenvalue weighted by atomic mass is 32.2. The zero-order chi connectivity index (χ0) is 12.5. The van der Waals surface area contributed by atoms with E-state index in [-0.39, 0.29) is 5.75 Å². The highest BCUT2D eigenvalue weighted by Gasteiger charge is 2.11. The van der Waals surface area contributed by atoms with Crippen LogP contribution in [0.3, 0.4) is 0 Å². The van der Waals surface area contributed by atoms with Crippen molar-refractivity contribution >= 4 is 34.2 Å². The third-order valence-electron chi connectivity index (χ3n) is 2.46. The van der Waals surface area contributed by atoms with Gasteiger partial charge in [-0.1, -0.05) is 36.0 Å². The Hall–Kier alpha value is -2.15. The summed E-state index contributed by atoms with van der Waals surface area (Å²) in [6.07, 6.45) is 1.51. The van der Waals surface area contributed by atoms with Crippen molar-refractivity contribution in [3.63, 3.8) is 0 Å². The minimum absolute atomic E-state index is 0.0232. The van der Waals surface area contributed by atoms with Crippen molar-refractivity contribution in [2.24, 2.45) is 0 Å². The zero-order valence-corrected chi connectivity index (χ0v) is 9.96. The van der Waals surface area contributed by atoms with Crippen LogP contribution in [-0.2, 0) is 4.79 Å². The molecule has 0 amide bonds. The molecule has 3 aromatic rings. The Labute approximate surface area is 106 Å². The second-order valence-electron chi connectivity index (χ2n) is 3.63. The fourth-order valence-corrected chi connectivity index (χ4v) is 2.47. The molecule has 1 aromatic carbocycles. The number of benzene rings is 1. The molecular weight excluding hydrogens is 252 g/mol. The molecule has 0 spiro atoms. The topological polar surface area (TPSA) is 80.4 Å². The van der Waals surface area contributed by atoms with Gasteiger partial charge in [-0.05, 0) is 0 Å². The number of fused-ring (bicyclic) bond motifs is 3. The van der Waals surface area contributed by atoms with Gasteiger partial charge in [0.2, 0.25) is 0 Å². The first-order valence-electron chi connectivity index (χ1n) is 5.19. The van der Waals surface area contributed by atoms with Crippen LogP contribution in [0.5, 0.6) is 0 Å². The van der Waals surface area contributed by atoms with Crippen molar-refractivity contribution in [2.75, 3.05) is 5.75 Å². The molecule has 0 saturated carbocycles. The van der Waals surface area contributed by atoms with E-state index < -0.39 is 5.97 Å². The van der Waals surface area contributed by atoms with Crippen molar-refractivity contribution in [3.8, 4) is 0 Å². The molecule has 6 nitrogen and oxygen atoms in total. The molecule has 90 valence electrons. The van der Waals surface area contributed by atoms with Gasteiger partial charge in [0, 0.05) is 10.8 Å². The second-order valence-corrected chi connectivity index (χ2v) is 4.60. The Balaban J connectivity index is 2.23. The first kappa shape index (κ1) is 11.0. The molecule has 0 bridgehead atoms. The van der Waals surface area contributed by atoms with Crippen LogP contribution in [0.15, 0.2) is 35.6 Å². The van der Waals surface area contributed by atoms with Crippen molar-refractivity contribution in [1.82, 2.24) is 19.8 Å². The molecule has 0 aliphatic heterocycles. The summed E-state index contributed by atoms with van der Waals surface area (Å²) in [6, 6.07) is 7.62. The Bertz CT molecular complexity index is 740. The SMILES string of the molecule is O=C(O)CSc1nn2cnnc2c2ccccc12. The fraction of sp³-hybridized carbons (Fsp3) is 0.0909. The Morgan fingerprint density at radius 2 is 2.11 bits per heavy atom. The third-order valence-corrected chi connectivity index (χ3v) is 3.43. The second kappa shape index (κ2) is 4.26. The Kier molecular flexibility index (Phi) is 2.60. The lowest BCUT2D eigenvalue weighted by Gasteiger charge is -2.05.